The summed E-state index contributed by atoms with van der Waals surface area (Å²) >= 11 is 1.38. The van der Waals surface area contributed by atoms with Crippen LogP contribution in [0, 0.1) is 0 Å². The Bertz CT molecular complexity index is 752. The van der Waals surface area contributed by atoms with E-state index in [1.165, 1.54) is 15.6 Å². The molecular weight excluding hydrogens is 310 g/mol. The zero-order valence-electron chi connectivity index (χ0n) is 11.4. The first-order chi connectivity index (χ1) is 9.95. The standard InChI is InChI=1S/C13H15N3O3S2/c1-21(18,19)16-8-4-6-10(16)12(17)15-13-14-9-5-2-3-7-11(9)20-13/h2-3,5,7,10H,4,6,8H2,1H3,(H,14,15,17)/t10-/m0/s1. The molecule has 1 aromatic heterocycles. The molecule has 0 unspecified atom stereocenters. The fourth-order valence-corrected chi connectivity index (χ4v) is 4.51. The fraction of sp³-hybridized carbons (Fsp3) is 0.385. The van der Waals surface area contributed by atoms with Gasteiger partial charge in [-0.15, -0.1) is 0 Å². The van der Waals surface area contributed by atoms with E-state index in [4.69, 9.17) is 0 Å². The van der Waals surface area contributed by atoms with Crippen LogP contribution in [-0.4, -0.2) is 42.5 Å². The molecule has 0 aliphatic carbocycles. The van der Waals surface area contributed by atoms with Crippen molar-refractivity contribution < 1.29 is 13.2 Å². The van der Waals surface area contributed by atoms with Gasteiger partial charge in [0.25, 0.3) is 0 Å². The van der Waals surface area contributed by atoms with E-state index < -0.39 is 16.1 Å². The van der Waals surface area contributed by atoms with Crippen molar-refractivity contribution in [3.8, 4) is 0 Å². The maximum Gasteiger partial charge on any atom is 0.244 e. The summed E-state index contributed by atoms with van der Waals surface area (Å²) < 4.78 is 25.6. The molecule has 21 heavy (non-hydrogen) atoms. The van der Waals surface area contributed by atoms with Gasteiger partial charge in [-0.3, -0.25) is 4.79 Å². The summed E-state index contributed by atoms with van der Waals surface area (Å²) in [6, 6.07) is 6.97. The van der Waals surface area contributed by atoms with Crippen LogP contribution < -0.4 is 5.32 Å². The topological polar surface area (TPSA) is 79.4 Å². The summed E-state index contributed by atoms with van der Waals surface area (Å²) in [5, 5.41) is 3.24. The lowest BCUT2D eigenvalue weighted by molar-refractivity contribution is -0.119. The van der Waals surface area contributed by atoms with Crippen LogP contribution in [0.3, 0.4) is 0 Å². The van der Waals surface area contributed by atoms with Crippen LogP contribution in [0.15, 0.2) is 24.3 Å². The maximum atomic E-state index is 12.3. The van der Waals surface area contributed by atoms with Crippen LogP contribution in [0.25, 0.3) is 10.2 Å². The number of fused-ring (bicyclic) bond motifs is 1. The number of anilines is 1. The Hall–Kier alpha value is -1.51. The second kappa shape index (κ2) is 5.36. The number of aromatic nitrogens is 1. The minimum atomic E-state index is -3.36. The Kier molecular flexibility index (Phi) is 3.68. The number of nitrogens with zero attached hydrogens (tertiary/aromatic N) is 2. The number of hydrogen-bond acceptors (Lipinski definition) is 5. The first-order valence-electron chi connectivity index (χ1n) is 6.58. The lowest BCUT2D eigenvalue weighted by atomic mass is 10.2. The summed E-state index contributed by atoms with van der Waals surface area (Å²) in [7, 11) is -3.36. The molecule has 3 rings (SSSR count). The largest absolute Gasteiger partial charge is 0.301 e. The second-order valence-electron chi connectivity index (χ2n) is 5.01. The zero-order chi connectivity index (χ0) is 15.0. The molecule has 0 radical (unpaired) electrons. The van der Waals surface area contributed by atoms with Crippen molar-refractivity contribution in [3.63, 3.8) is 0 Å². The summed E-state index contributed by atoms with van der Waals surface area (Å²) in [6.45, 7) is 0.400. The Labute approximate surface area is 126 Å². The number of amides is 1. The fourth-order valence-electron chi connectivity index (χ4n) is 2.51. The number of hydrogen-bond donors (Lipinski definition) is 1. The van der Waals surface area contributed by atoms with Crippen LogP contribution in [0.1, 0.15) is 12.8 Å². The first kappa shape index (κ1) is 14.4. The lowest BCUT2D eigenvalue weighted by Crippen LogP contribution is -2.42. The van der Waals surface area contributed by atoms with E-state index in [2.05, 4.69) is 10.3 Å². The van der Waals surface area contributed by atoms with E-state index in [1.54, 1.807) is 0 Å². The normalized spacial score (nSPS) is 20.0. The highest BCUT2D eigenvalue weighted by molar-refractivity contribution is 7.88. The number of thiazole rings is 1. The molecule has 8 heteroatoms. The van der Waals surface area contributed by atoms with Gasteiger partial charge in [-0.25, -0.2) is 13.4 Å². The van der Waals surface area contributed by atoms with Gasteiger partial charge in [0.1, 0.15) is 6.04 Å². The summed E-state index contributed by atoms with van der Waals surface area (Å²) in [5.41, 5.74) is 0.823. The van der Waals surface area contributed by atoms with Gasteiger partial charge in [0.2, 0.25) is 15.9 Å². The number of para-hydroxylation sites is 1. The summed E-state index contributed by atoms with van der Waals surface area (Å²) in [6.07, 6.45) is 2.38. The quantitative estimate of drug-likeness (QED) is 0.931. The highest BCUT2D eigenvalue weighted by Crippen LogP contribution is 2.27. The van der Waals surface area contributed by atoms with Gasteiger partial charge in [-0.1, -0.05) is 23.5 Å². The number of carbonyl (C=O) groups excluding carboxylic acids is 1. The average Bonchev–Trinajstić information content (AvgIpc) is 3.03. The number of sulfonamides is 1. The third-order valence-electron chi connectivity index (χ3n) is 3.46. The van der Waals surface area contributed by atoms with Gasteiger partial charge in [-0.05, 0) is 25.0 Å². The molecule has 0 bridgehead atoms. The molecule has 0 spiro atoms. The molecule has 6 nitrogen and oxygen atoms in total. The molecule has 1 aliphatic rings. The van der Waals surface area contributed by atoms with E-state index >= 15 is 0 Å². The molecule has 0 saturated carbocycles. The van der Waals surface area contributed by atoms with Crippen molar-refractivity contribution in [2.45, 2.75) is 18.9 Å². The Morgan fingerprint density at radius 2 is 2.19 bits per heavy atom. The van der Waals surface area contributed by atoms with Crippen molar-refractivity contribution in [2.75, 3.05) is 18.1 Å². The average molecular weight is 325 g/mol. The Morgan fingerprint density at radius 3 is 2.90 bits per heavy atom. The molecule has 1 aliphatic heterocycles. The Balaban J connectivity index is 1.79. The zero-order valence-corrected chi connectivity index (χ0v) is 13.1. The highest BCUT2D eigenvalue weighted by atomic mass is 32.2. The van der Waals surface area contributed by atoms with Crippen molar-refractivity contribution in [1.29, 1.82) is 0 Å². The van der Waals surface area contributed by atoms with Crippen molar-refractivity contribution in [1.82, 2.24) is 9.29 Å². The molecule has 2 heterocycles. The van der Waals surface area contributed by atoms with Gasteiger partial charge in [-0.2, -0.15) is 4.31 Å². The third-order valence-corrected chi connectivity index (χ3v) is 5.70. The van der Waals surface area contributed by atoms with E-state index in [0.29, 0.717) is 24.5 Å². The highest BCUT2D eigenvalue weighted by Gasteiger charge is 2.36. The minimum absolute atomic E-state index is 0.308. The number of nitrogens with one attached hydrogen (secondary N) is 1. The number of rotatable bonds is 3. The van der Waals surface area contributed by atoms with Gasteiger partial charge < -0.3 is 5.32 Å². The smallest absolute Gasteiger partial charge is 0.244 e. The number of benzene rings is 1. The van der Waals surface area contributed by atoms with Crippen molar-refractivity contribution >= 4 is 42.6 Å². The van der Waals surface area contributed by atoms with E-state index in [0.717, 1.165) is 16.5 Å². The van der Waals surface area contributed by atoms with Gasteiger partial charge >= 0.3 is 0 Å². The van der Waals surface area contributed by atoms with Gasteiger partial charge in [0.05, 0.1) is 16.5 Å². The van der Waals surface area contributed by atoms with Crippen LogP contribution in [0.2, 0.25) is 0 Å². The summed E-state index contributed by atoms with van der Waals surface area (Å²) in [4.78, 5) is 16.6. The predicted molar refractivity (Wildman–Crippen MR) is 82.8 cm³/mol. The van der Waals surface area contributed by atoms with Crippen LogP contribution in [0.4, 0.5) is 5.13 Å². The lowest BCUT2D eigenvalue weighted by Gasteiger charge is -2.20. The maximum absolute atomic E-state index is 12.3. The third kappa shape index (κ3) is 2.92. The molecular formula is C13H15N3O3S2. The molecule has 112 valence electrons. The van der Waals surface area contributed by atoms with Crippen LogP contribution in [0.5, 0.6) is 0 Å². The van der Waals surface area contributed by atoms with Gasteiger partial charge in [0, 0.05) is 6.54 Å². The van der Waals surface area contributed by atoms with Crippen LogP contribution in [-0.2, 0) is 14.8 Å². The molecule has 2 aromatic rings. The predicted octanol–water partition coefficient (Wildman–Crippen LogP) is 1.66. The van der Waals surface area contributed by atoms with Crippen LogP contribution >= 0.6 is 11.3 Å². The number of carbonyl (C=O) groups is 1. The van der Waals surface area contributed by atoms with E-state index in [1.807, 2.05) is 24.3 Å². The monoisotopic (exact) mass is 325 g/mol. The summed E-state index contributed by atoms with van der Waals surface area (Å²) in [5.74, 6) is -0.308. The molecule has 1 amide bonds. The van der Waals surface area contributed by atoms with Crippen molar-refractivity contribution in [2.24, 2.45) is 0 Å². The van der Waals surface area contributed by atoms with Gasteiger partial charge in [0.15, 0.2) is 5.13 Å². The molecule has 1 N–H and O–H groups in total. The first-order valence-corrected chi connectivity index (χ1v) is 9.25. The minimum Gasteiger partial charge on any atom is -0.301 e. The molecule has 1 saturated heterocycles. The second-order valence-corrected chi connectivity index (χ2v) is 7.97. The molecule has 1 fully saturated rings. The molecule has 1 aromatic carbocycles. The van der Waals surface area contributed by atoms with Crippen molar-refractivity contribution in [3.05, 3.63) is 24.3 Å². The van der Waals surface area contributed by atoms with E-state index in [-0.39, 0.29) is 5.91 Å². The SMILES string of the molecule is CS(=O)(=O)N1CCC[C@H]1C(=O)Nc1nc2ccccc2s1. The van der Waals surface area contributed by atoms with E-state index in [9.17, 15) is 13.2 Å². The molecule has 1 atom stereocenters. The Morgan fingerprint density at radius 1 is 1.43 bits per heavy atom.